The maximum atomic E-state index is 11.3. The molecular formula is C9H10N4O4. The van der Waals surface area contributed by atoms with Crippen molar-refractivity contribution in [2.75, 3.05) is 0 Å². The fourth-order valence-electron chi connectivity index (χ4n) is 1.32. The smallest absolute Gasteiger partial charge is 0.337 e. The van der Waals surface area contributed by atoms with Gasteiger partial charge < -0.3 is 5.11 Å². The minimum atomic E-state index is -1.43. The Balaban J connectivity index is 3.48. The highest BCUT2D eigenvalue weighted by Gasteiger charge is 2.22. The number of hydrogen-bond donors (Lipinski definition) is 5. The molecule has 1 rings (SSSR count). The second-order valence-electron chi connectivity index (χ2n) is 2.98. The molecule has 2 amide bonds. The molecule has 8 nitrogen and oxygen atoms in total. The first-order valence-corrected chi connectivity index (χ1v) is 4.41. The third-order valence-corrected chi connectivity index (χ3v) is 2.03. The van der Waals surface area contributed by atoms with E-state index in [0.29, 0.717) is 0 Å². The summed E-state index contributed by atoms with van der Waals surface area (Å²) in [6, 6.07) is 3.82. The van der Waals surface area contributed by atoms with Crippen LogP contribution in [0.3, 0.4) is 0 Å². The number of nitrogens with two attached hydrogens (primary N) is 2. The Morgan fingerprint density at radius 1 is 1.00 bits per heavy atom. The number of nitrogen functional groups attached to an aromatic ring is 2. The van der Waals surface area contributed by atoms with Crippen LogP contribution in [-0.4, -0.2) is 22.9 Å². The van der Waals surface area contributed by atoms with Crippen molar-refractivity contribution < 1.29 is 19.5 Å². The molecule has 0 spiro atoms. The zero-order valence-corrected chi connectivity index (χ0v) is 8.56. The molecule has 0 saturated heterocycles. The van der Waals surface area contributed by atoms with Crippen LogP contribution in [0.5, 0.6) is 0 Å². The van der Waals surface area contributed by atoms with Crippen LogP contribution in [0.25, 0.3) is 0 Å². The van der Waals surface area contributed by atoms with Gasteiger partial charge in [0, 0.05) is 0 Å². The van der Waals surface area contributed by atoms with Gasteiger partial charge in [-0.25, -0.2) is 16.5 Å². The van der Waals surface area contributed by atoms with Crippen LogP contribution in [0, 0.1) is 0 Å². The highest BCUT2D eigenvalue weighted by molar-refractivity contribution is 6.11. The van der Waals surface area contributed by atoms with Crippen LogP contribution in [0.15, 0.2) is 18.2 Å². The normalized spacial score (nSPS) is 9.53. The molecule has 0 heterocycles. The van der Waals surface area contributed by atoms with Crippen LogP contribution in [0.4, 0.5) is 0 Å². The number of amides is 2. The maximum Gasteiger partial charge on any atom is 0.337 e. The predicted octanol–water partition coefficient (Wildman–Crippen LogP) is -1.41. The number of carbonyl (C=O) groups excluding carboxylic acids is 2. The Hall–Kier alpha value is -2.45. The summed E-state index contributed by atoms with van der Waals surface area (Å²) >= 11 is 0. The summed E-state index contributed by atoms with van der Waals surface area (Å²) in [5.41, 5.74) is 2.69. The van der Waals surface area contributed by atoms with Crippen LogP contribution >= 0.6 is 0 Å². The fraction of sp³-hybridized carbons (Fsp3) is 0. The molecular weight excluding hydrogens is 228 g/mol. The van der Waals surface area contributed by atoms with Gasteiger partial charge in [0.15, 0.2) is 0 Å². The van der Waals surface area contributed by atoms with Crippen molar-refractivity contribution in [3.63, 3.8) is 0 Å². The Morgan fingerprint density at radius 2 is 1.41 bits per heavy atom. The average molecular weight is 238 g/mol. The number of aromatic carboxylic acids is 1. The van der Waals surface area contributed by atoms with E-state index in [1.165, 1.54) is 18.2 Å². The molecule has 1 aromatic carbocycles. The summed E-state index contributed by atoms with van der Waals surface area (Å²) in [5, 5.41) is 8.99. The second-order valence-corrected chi connectivity index (χ2v) is 2.98. The quantitative estimate of drug-likeness (QED) is 0.248. The predicted molar refractivity (Wildman–Crippen MR) is 56.7 cm³/mol. The standard InChI is InChI=1S/C9H10N4O4/c10-12-7(14)4-2-1-3-5(8(15)13-11)6(4)9(16)17/h1-3H,10-11H2,(H,12,14)(H,13,15)(H,16,17). The number of hydrogen-bond acceptors (Lipinski definition) is 5. The Labute approximate surface area is 95.5 Å². The molecule has 0 saturated carbocycles. The molecule has 0 bridgehead atoms. The van der Waals surface area contributed by atoms with Gasteiger partial charge in [-0.3, -0.25) is 20.4 Å². The van der Waals surface area contributed by atoms with E-state index < -0.39 is 23.3 Å². The number of nitrogens with one attached hydrogen (secondary N) is 2. The van der Waals surface area contributed by atoms with Gasteiger partial charge in [-0.1, -0.05) is 6.07 Å². The first-order chi connectivity index (χ1) is 8.02. The van der Waals surface area contributed by atoms with E-state index in [1.54, 1.807) is 10.9 Å². The second kappa shape index (κ2) is 5.05. The number of carbonyl (C=O) groups is 3. The molecule has 0 unspecified atom stereocenters. The van der Waals surface area contributed by atoms with Crippen molar-refractivity contribution >= 4 is 17.8 Å². The van der Waals surface area contributed by atoms with Crippen molar-refractivity contribution in [3.8, 4) is 0 Å². The largest absolute Gasteiger partial charge is 0.478 e. The van der Waals surface area contributed by atoms with E-state index in [0.717, 1.165) is 0 Å². The Kier molecular flexibility index (Phi) is 3.75. The van der Waals surface area contributed by atoms with Gasteiger partial charge in [0.25, 0.3) is 11.8 Å². The molecule has 0 aliphatic rings. The van der Waals surface area contributed by atoms with Crippen molar-refractivity contribution in [2.45, 2.75) is 0 Å². The van der Waals surface area contributed by atoms with E-state index in [1.807, 2.05) is 0 Å². The van der Waals surface area contributed by atoms with Crippen molar-refractivity contribution in [1.82, 2.24) is 10.9 Å². The van der Waals surface area contributed by atoms with Gasteiger partial charge in [-0.05, 0) is 12.1 Å². The lowest BCUT2D eigenvalue weighted by molar-refractivity contribution is 0.0685. The number of hydrazine groups is 2. The average Bonchev–Trinajstić information content (AvgIpc) is 2.35. The minimum absolute atomic E-state index is 0.221. The van der Waals surface area contributed by atoms with Crippen molar-refractivity contribution in [1.29, 1.82) is 0 Å². The van der Waals surface area contributed by atoms with E-state index in [2.05, 4.69) is 0 Å². The van der Waals surface area contributed by atoms with Crippen LogP contribution in [-0.2, 0) is 0 Å². The summed E-state index contributed by atoms with van der Waals surface area (Å²) in [7, 11) is 0. The highest BCUT2D eigenvalue weighted by atomic mass is 16.4. The zero-order chi connectivity index (χ0) is 13.0. The van der Waals surface area contributed by atoms with Gasteiger partial charge in [-0.15, -0.1) is 0 Å². The molecule has 0 aliphatic carbocycles. The van der Waals surface area contributed by atoms with Crippen LogP contribution < -0.4 is 22.5 Å². The lowest BCUT2D eigenvalue weighted by Crippen LogP contribution is -2.34. The third-order valence-electron chi connectivity index (χ3n) is 2.03. The van der Waals surface area contributed by atoms with Crippen molar-refractivity contribution in [3.05, 3.63) is 34.9 Å². The number of benzene rings is 1. The molecule has 8 heteroatoms. The number of rotatable bonds is 3. The summed E-state index contributed by atoms with van der Waals surface area (Å²) in [6.07, 6.45) is 0. The molecule has 1 aromatic rings. The molecule has 0 fully saturated rings. The van der Waals surface area contributed by atoms with Gasteiger partial charge >= 0.3 is 5.97 Å². The van der Waals surface area contributed by atoms with Gasteiger partial charge in [-0.2, -0.15) is 0 Å². The zero-order valence-electron chi connectivity index (χ0n) is 8.56. The summed E-state index contributed by atoms with van der Waals surface area (Å²) in [5.74, 6) is 6.78. The highest BCUT2D eigenvalue weighted by Crippen LogP contribution is 2.15. The molecule has 0 radical (unpaired) electrons. The third kappa shape index (κ3) is 2.38. The maximum absolute atomic E-state index is 11.3. The van der Waals surface area contributed by atoms with E-state index in [9.17, 15) is 14.4 Å². The fourth-order valence-corrected chi connectivity index (χ4v) is 1.32. The SMILES string of the molecule is NNC(=O)c1cccc(C(=O)NN)c1C(=O)O. The number of carboxylic acids is 1. The first kappa shape index (κ1) is 12.6. The monoisotopic (exact) mass is 238 g/mol. The summed E-state index contributed by atoms with van der Waals surface area (Å²) in [6.45, 7) is 0. The van der Waals surface area contributed by atoms with Crippen molar-refractivity contribution in [2.24, 2.45) is 11.7 Å². The molecule has 0 aliphatic heterocycles. The van der Waals surface area contributed by atoms with Gasteiger partial charge in [0.2, 0.25) is 0 Å². The number of carboxylic acid groups (broad SMARTS) is 1. The van der Waals surface area contributed by atoms with Gasteiger partial charge in [0.05, 0.1) is 16.7 Å². The van der Waals surface area contributed by atoms with E-state index in [-0.39, 0.29) is 11.1 Å². The lowest BCUT2D eigenvalue weighted by Gasteiger charge is -2.09. The molecule has 7 N–H and O–H groups in total. The van der Waals surface area contributed by atoms with Crippen LogP contribution in [0.2, 0.25) is 0 Å². The lowest BCUT2D eigenvalue weighted by atomic mass is 10.00. The molecule has 90 valence electrons. The van der Waals surface area contributed by atoms with E-state index in [4.69, 9.17) is 16.8 Å². The first-order valence-electron chi connectivity index (χ1n) is 4.41. The van der Waals surface area contributed by atoms with E-state index >= 15 is 0 Å². The molecule has 0 aromatic heterocycles. The topological polar surface area (TPSA) is 148 Å². The minimum Gasteiger partial charge on any atom is -0.478 e. The summed E-state index contributed by atoms with van der Waals surface area (Å²) < 4.78 is 0. The Morgan fingerprint density at radius 3 is 1.71 bits per heavy atom. The molecule has 0 atom stereocenters. The molecule has 17 heavy (non-hydrogen) atoms. The Bertz CT molecular complexity index is 452. The summed E-state index contributed by atoms with van der Waals surface area (Å²) in [4.78, 5) is 33.7. The van der Waals surface area contributed by atoms with Gasteiger partial charge in [0.1, 0.15) is 0 Å². The van der Waals surface area contributed by atoms with Crippen LogP contribution in [0.1, 0.15) is 31.1 Å².